The van der Waals surface area contributed by atoms with Crippen LogP contribution in [0.5, 0.6) is 0 Å². The molecule has 0 bridgehead atoms. The molecule has 0 heterocycles. The zero-order valence-electron chi connectivity index (χ0n) is 8.95. The maximum atomic E-state index is 11.4. The second-order valence-electron chi connectivity index (χ2n) is 3.33. The number of ether oxygens (including phenoxy) is 1. The fourth-order valence-corrected chi connectivity index (χ4v) is 0.850. The summed E-state index contributed by atoms with van der Waals surface area (Å²) in [6.45, 7) is 8.26. The molecule has 2 unspecified atom stereocenters. The average Bonchev–Trinajstić information content (AvgIpc) is 2.16. The molecule has 0 saturated heterocycles. The molecule has 4 nitrogen and oxygen atoms in total. The molecule has 3 N–H and O–H groups in total. The number of amides is 1. The van der Waals surface area contributed by atoms with Crippen molar-refractivity contribution in [3.63, 3.8) is 0 Å². The van der Waals surface area contributed by atoms with Crippen LogP contribution < -0.4 is 11.1 Å². The monoisotopic (exact) mass is 200 g/mol. The summed E-state index contributed by atoms with van der Waals surface area (Å²) in [7, 11) is 0. The average molecular weight is 200 g/mol. The highest BCUT2D eigenvalue weighted by Crippen LogP contribution is 1.98. The van der Waals surface area contributed by atoms with E-state index in [-0.39, 0.29) is 17.9 Å². The standard InChI is InChI=1S/C10H20N2O2/c1-4-14-7-5-6-12-10(13)8(2)9(3)11/h4,8-9H,1,5-7,11H2,2-3H3,(H,12,13). The molecule has 1 amide bonds. The van der Waals surface area contributed by atoms with Crippen LogP contribution in [0.3, 0.4) is 0 Å². The third kappa shape index (κ3) is 5.59. The molecule has 0 saturated carbocycles. The fraction of sp³-hybridized carbons (Fsp3) is 0.700. The summed E-state index contributed by atoms with van der Waals surface area (Å²) in [4.78, 5) is 11.4. The molecule has 2 atom stereocenters. The van der Waals surface area contributed by atoms with Crippen molar-refractivity contribution in [1.82, 2.24) is 5.32 Å². The van der Waals surface area contributed by atoms with Crippen molar-refractivity contribution in [2.24, 2.45) is 11.7 Å². The summed E-state index contributed by atoms with van der Waals surface area (Å²) in [5.41, 5.74) is 5.59. The molecule has 0 rings (SSSR count). The minimum absolute atomic E-state index is 0.00129. The number of carbonyl (C=O) groups is 1. The van der Waals surface area contributed by atoms with Gasteiger partial charge in [-0.15, -0.1) is 0 Å². The first-order valence-electron chi connectivity index (χ1n) is 4.85. The molecule has 0 aliphatic heterocycles. The van der Waals surface area contributed by atoms with E-state index in [1.165, 1.54) is 6.26 Å². The van der Waals surface area contributed by atoms with Crippen LogP contribution in [-0.4, -0.2) is 25.1 Å². The van der Waals surface area contributed by atoms with Gasteiger partial charge in [0.25, 0.3) is 0 Å². The summed E-state index contributed by atoms with van der Waals surface area (Å²) >= 11 is 0. The van der Waals surface area contributed by atoms with Crippen LogP contribution in [0.2, 0.25) is 0 Å². The van der Waals surface area contributed by atoms with Gasteiger partial charge in [-0.2, -0.15) is 0 Å². The maximum absolute atomic E-state index is 11.4. The van der Waals surface area contributed by atoms with E-state index in [2.05, 4.69) is 11.9 Å². The van der Waals surface area contributed by atoms with Crippen molar-refractivity contribution in [3.05, 3.63) is 12.8 Å². The minimum atomic E-state index is -0.143. The second kappa shape index (κ2) is 7.38. The molecule has 4 heteroatoms. The van der Waals surface area contributed by atoms with Crippen LogP contribution in [0.15, 0.2) is 12.8 Å². The van der Waals surface area contributed by atoms with E-state index in [0.717, 1.165) is 6.42 Å². The van der Waals surface area contributed by atoms with Crippen molar-refractivity contribution < 1.29 is 9.53 Å². The molecule has 0 aromatic rings. The summed E-state index contributed by atoms with van der Waals surface area (Å²) in [6.07, 6.45) is 2.18. The van der Waals surface area contributed by atoms with Gasteiger partial charge in [0.15, 0.2) is 0 Å². The number of nitrogens with one attached hydrogen (secondary N) is 1. The Kier molecular flexibility index (Phi) is 6.84. The molecule has 0 aromatic heterocycles. The lowest BCUT2D eigenvalue weighted by atomic mass is 10.0. The highest BCUT2D eigenvalue weighted by Gasteiger charge is 2.15. The minimum Gasteiger partial charge on any atom is -0.502 e. The zero-order valence-corrected chi connectivity index (χ0v) is 8.95. The molecule has 0 radical (unpaired) electrons. The van der Waals surface area contributed by atoms with Crippen LogP contribution >= 0.6 is 0 Å². The van der Waals surface area contributed by atoms with Crippen LogP contribution in [-0.2, 0) is 9.53 Å². The van der Waals surface area contributed by atoms with Crippen LogP contribution in [0.25, 0.3) is 0 Å². The molecule has 14 heavy (non-hydrogen) atoms. The van der Waals surface area contributed by atoms with Crippen LogP contribution in [0.4, 0.5) is 0 Å². The normalized spacial score (nSPS) is 14.2. The molecule has 82 valence electrons. The van der Waals surface area contributed by atoms with E-state index in [0.29, 0.717) is 13.2 Å². The predicted octanol–water partition coefficient (Wildman–Crippen LogP) is 0.636. The number of hydrogen-bond donors (Lipinski definition) is 2. The summed E-state index contributed by atoms with van der Waals surface area (Å²) < 4.78 is 4.91. The van der Waals surface area contributed by atoms with Gasteiger partial charge in [-0.05, 0) is 13.3 Å². The van der Waals surface area contributed by atoms with E-state index >= 15 is 0 Å². The number of rotatable bonds is 7. The van der Waals surface area contributed by atoms with Crippen LogP contribution in [0.1, 0.15) is 20.3 Å². The summed E-state index contributed by atoms with van der Waals surface area (Å²) in [5.74, 6) is -0.145. The van der Waals surface area contributed by atoms with Gasteiger partial charge in [0.05, 0.1) is 12.9 Å². The SMILES string of the molecule is C=COCCCNC(=O)C(C)C(C)N. The Balaban J connectivity index is 3.49. The third-order valence-electron chi connectivity index (χ3n) is 2.06. The predicted molar refractivity (Wildman–Crippen MR) is 56.6 cm³/mol. The van der Waals surface area contributed by atoms with Gasteiger partial charge < -0.3 is 15.8 Å². The lowest BCUT2D eigenvalue weighted by Crippen LogP contribution is -2.39. The lowest BCUT2D eigenvalue weighted by Gasteiger charge is -2.15. The Hall–Kier alpha value is -1.03. The number of carbonyl (C=O) groups excluding carboxylic acids is 1. The molecule has 0 aromatic carbocycles. The molecular weight excluding hydrogens is 180 g/mol. The van der Waals surface area contributed by atoms with Gasteiger partial charge in [0, 0.05) is 18.5 Å². The highest BCUT2D eigenvalue weighted by molar-refractivity contribution is 5.78. The lowest BCUT2D eigenvalue weighted by molar-refractivity contribution is -0.124. The Morgan fingerprint density at radius 1 is 1.64 bits per heavy atom. The van der Waals surface area contributed by atoms with Gasteiger partial charge in [-0.25, -0.2) is 0 Å². The van der Waals surface area contributed by atoms with Gasteiger partial charge in [-0.1, -0.05) is 13.5 Å². The molecule has 0 aliphatic rings. The van der Waals surface area contributed by atoms with Crippen molar-refractivity contribution >= 4 is 5.91 Å². The quantitative estimate of drug-likeness (QED) is 0.468. The van der Waals surface area contributed by atoms with E-state index in [4.69, 9.17) is 10.5 Å². The Morgan fingerprint density at radius 2 is 2.29 bits per heavy atom. The fourth-order valence-electron chi connectivity index (χ4n) is 0.850. The first-order chi connectivity index (χ1) is 6.59. The third-order valence-corrected chi connectivity index (χ3v) is 2.06. The topological polar surface area (TPSA) is 64.3 Å². The largest absolute Gasteiger partial charge is 0.502 e. The van der Waals surface area contributed by atoms with E-state index < -0.39 is 0 Å². The second-order valence-corrected chi connectivity index (χ2v) is 3.33. The van der Waals surface area contributed by atoms with Gasteiger partial charge >= 0.3 is 0 Å². The summed E-state index contributed by atoms with van der Waals surface area (Å²) in [6, 6.07) is -0.112. The summed E-state index contributed by atoms with van der Waals surface area (Å²) in [5, 5.41) is 2.79. The molecular formula is C10H20N2O2. The van der Waals surface area contributed by atoms with Crippen molar-refractivity contribution in [3.8, 4) is 0 Å². The van der Waals surface area contributed by atoms with Crippen LogP contribution in [0, 0.1) is 5.92 Å². The van der Waals surface area contributed by atoms with E-state index in [1.54, 1.807) is 0 Å². The van der Waals surface area contributed by atoms with E-state index in [9.17, 15) is 4.79 Å². The Labute approximate surface area is 85.5 Å². The number of nitrogens with two attached hydrogens (primary N) is 1. The molecule has 0 aliphatic carbocycles. The number of hydrogen-bond acceptors (Lipinski definition) is 3. The van der Waals surface area contributed by atoms with Crippen molar-refractivity contribution in [2.75, 3.05) is 13.2 Å². The van der Waals surface area contributed by atoms with Gasteiger partial charge in [0.2, 0.25) is 5.91 Å². The van der Waals surface area contributed by atoms with Crippen molar-refractivity contribution in [1.29, 1.82) is 0 Å². The highest BCUT2D eigenvalue weighted by atomic mass is 16.5. The van der Waals surface area contributed by atoms with Crippen molar-refractivity contribution in [2.45, 2.75) is 26.3 Å². The zero-order chi connectivity index (χ0) is 11.0. The Morgan fingerprint density at radius 3 is 2.79 bits per heavy atom. The van der Waals surface area contributed by atoms with Gasteiger partial charge in [-0.3, -0.25) is 4.79 Å². The smallest absolute Gasteiger partial charge is 0.224 e. The van der Waals surface area contributed by atoms with E-state index in [1.807, 2.05) is 13.8 Å². The first kappa shape index (κ1) is 13.0. The Bertz CT molecular complexity index is 181. The molecule has 0 spiro atoms. The first-order valence-corrected chi connectivity index (χ1v) is 4.85. The maximum Gasteiger partial charge on any atom is 0.224 e. The van der Waals surface area contributed by atoms with Gasteiger partial charge in [0.1, 0.15) is 0 Å². The molecule has 0 fully saturated rings.